The van der Waals surface area contributed by atoms with Crippen LogP contribution in [0.25, 0.3) is 0 Å². The summed E-state index contributed by atoms with van der Waals surface area (Å²) in [5.41, 5.74) is 4.61. The lowest BCUT2D eigenvalue weighted by Crippen LogP contribution is -2.04. The molecule has 6 heteroatoms. The monoisotopic (exact) mass is 294 g/mol. The molecular weight excluding hydrogens is 281 g/mol. The predicted octanol–water partition coefficient (Wildman–Crippen LogP) is 4.26. The van der Waals surface area contributed by atoms with Gasteiger partial charge in [0.15, 0.2) is 0 Å². The van der Waals surface area contributed by atoms with Crippen LogP contribution in [0.4, 0.5) is 18.9 Å². The Morgan fingerprint density at radius 3 is 2.52 bits per heavy atom. The van der Waals surface area contributed by atoms with Gasteiger partial charge in [-0.2, -0.15) is 13.9 Å². The van der Waals surface area contributed by atoms with Crippen LogP contribution in [0.15, 0.2) is 53.6 Å². The lowest BCUT2D eigenvalue weighted by Gasteiger charge is -2.07. The Hall–Kier alpha value is -2.50. The Labute approximate surface area is 120 Å². The molecule has 2 aromatic rings. The zero-order valence-corrected chi connectivity index (χ0v) is 11.2. The molecule has 0 atom stereocenters. The molecule has 0 amide bonds. The lowest BCUT2D eigenvalue weighted by molar-refractivity contribution is -0.0498. The van der Waals surface area contributed by atoms with Crippen molar-refractivity contribution in [1.82, 2.24) is 0 Å². The number of hydrazone groups is 1. The number of rotatable bonds is 5. The fourth-order valence-corrected chi connectivity index (χ4v) is 1.63. The number of alkyl halides is 2. The third-order valence-electron chi connectivity index (χ3n) is 2.67. The number of benzene rings is 2. The largest absolute Gasteiger partial charge is 0.435 e. The smallest absolute Gasteiger partial charge is 0.387 e. The van der Waals surface area contributed by atoms with Gasteiger partial charge in [-0.15, -0.1) is 0 Å². The summed E-state index contributed by atoms with van der Waals surface area (Å²) in [6.07, 6.45) is 0. The molecule has 0 aliphatic carbocycles. The zero-order valence-electron chi connectivity index (χ0n) is 11.2. The maximum atomic E-state index is 12.8. The Kier molecular flexibility index (Phi) is 4.81. The van der Waals surface area contributed by atoms with Gasteiger partial charge in [0.05, 0.1) is 11.4 Å². The van der Waals surface area contributed by atoms with Crippen molar-refractivity contribution in [3.8, 4) is 5.75 Å². The van der Waals surface area contributed by atoms with Crippen LogP contribution in [0.2, 0.25) is 0 Å². The number of nitrogens with zero attached hydrogens (tertiary/aromatic N) is 1. The normalized spacial score (nSPS) is 11.6. The van der Waals surface area contributed by atoms with E-state index in [1.54, 1.807) is 31.2 Å². The molecule has 110 valence electrons. The quantitative estimate of drug-likeness (QED) is 0.660. The van der Waals surface area contributed by atoms with Crippen LogP contribution in [0.3, 0.4) is 0 Å². The van der Waals surface area contributed by atoms with Crippen LogP contribution >= 0.6 is 0 Å². The molecular formula is C15H13F3N2O. The van der Waals surface area contributed by atoms with Gasteiger partial charge in [-0.1, -0.05) is 12.1 Å². The average molecular weight is 294 g/mol. The molecule has 21 heavy (non-hydrogen) atoms. The third kappa shape index (κ3) is 4.52. The first-order valence-corrected chi connectivity index (χ1v) is 6.16. The topological polar surface area (TPSA) is 33.6 Å². The van der Waals surface area contributed by atoms with Crippen molar-refractivity contribution in [3.63, 3.8) is 0 Å². The van der Waals surface area contributed by atoms with Gasteiger partial charge in [0, 0.05) is 5.56 Å². The minimum absolute atomic E-state index is 0.0684. The molecule has 0 unspecified atom stereocenters. The molecule has 0 radical (unpaired) electrons. The van der Waals surface area contributed by atoms with Gasteiger partial charge in [0.1, 0.15) is 11.6 Å². The summed E-state index contributed by atoms with van der Waals surface area (Å²) in [6, 6.07) is 11.9. The molecule has 0 aliphatic heterocycles. The highest BCUT2D eigenvalue weighted by atomic mass is 19.3. The van der Waals surface area contributed by atoms with Gasteiger partial charge in [-0.3, -0.25) is 5.43 Å². The van der Waals surface area contributed by atoms with Crippen molar-refractivity contribution in [2.75, 3.05) is 5.43 Å². The molecule has 0 aliphatic rings. The first kappa shape index (κ1) is 14.9. The van der Waals surface area contributed by atoms with E-state index in [1.807, 2.05) is 0 Å². The third-order valence-corrected chi connectivity index (χ3v) is 2.67. The van der Waals surface area contributed by atoms with E-state index in [2.05, 4.69) is 15.3 Å². The van der Waals surface area contributed by atoms with E-state index in [-0.39, 0.29) is 11.6 Å². The van der Waals surface area contributed by atoms with Gasteiger partial charge < -0.3 is 4.74 Å². The van der Waals surface area contributed by atoms with E-state index >= 15 is 0 Å². The average Bonchev–Trinajstić information content (AvgIpc) is 2.46. The summed E-state index contributed by atoms with van der Waals surface area (Å²) in [5, 5.41) is 4.12. The summed E-state index contributed by atoms with van der Waals surface area (Å²) < 4.78 is 41.4. The summed E-state index contributed by atoms with van der Waals surface area (Å²) in [5.74, 6) is -0.267. The van der Waals surface area contributed by atoms with Crippen LogP contribution in [-0.4, -0.2) is 12.3 Å². The van der Waals surface area contributed by atoms with E-state index in [0.717, 1.165) is 0 Å². The van der Waals surface area contributed by atoms with Gasteiger partial charge >= 0.3 is 6.61 Å². The maximum Gasteiger partial charge on any atom is 0.387 e. The number of ether oxygens (including phenoxy) is 1. The summed E-state index contributed by atoms with van der Waals surface area (Å²) in [6.45, 7) is -1.15. The molecule has 0 spiro atoms. The molecule has 0 aromatic heterocycles. The summed E-state index contributed by atoms with van der Waals surface area (Å²) in [7, 11) is 0. The predicted molar refractivity (Wildman–Crippen MR) is 75.3 cm³/mol. The second-order valence-corrected chi connectivity index (χ2v) is 4.22. The molecule has 2 rings (SSSR count). The number of hydrogen-bond acceptors (Lipinski definition) is 3. The van der Waals surface area contributed by atoms with Gasteiger partial charge in [0.2, 0.25) is 0 Å². The van der Waals surface area contributed by atoms with Crippen molar-refractivity contribution < 1.29 is 17.9 Å². The molecule has 0 saturated heterocycles. The van der Waals surface area contributed by atoms with E-state index in [4.69, 9.17) is 0 Å². The molecule has 3 nitrogen and oxygen atoms in total. The molecule has 1 N–H and O–H groups in total. The fourth-order valence-electron chi connectivity index (χ4n) is 1.63. The highest BCUT2D eigenvalue weighted by Gasteiger charge is 2.06. The van der Waals surface area contributed by atoms with E-state index < -0.39 is 6.61 Å². The number of halogens is 3. The molecule has 0 bridgehead atoms. The van der Waals surface area contributed by atoms with Crippen molar-refractivity contribution in [3.05, 3.63) is 59.9 Å². The van der Waals surface area contributed by atoms with Gasteiger partial charge in [-0.25, -0.2) is 4.39 Å². The van der Waals surface area contributed by atoms with Crippen LogP contribution in [0.1, 0.15) is 12.5 Å². The SMILES string of the molecule is C/C(=N/Nc1ccc(F)cc1)c1cccc(OC(F)F)c1. The highest BCUT2D eigenvalue weighted by molar-refractivity contribution is 5.99. The Balaban J connectivity index is 2.09. The van der Waals surface area contributed by atoms with Crippen LogP contribution in [0, 0.1) is 5.82 Å². The second kappa shape index (κ2) is 6.78. The Bertz CT molecular complexity index is 627. The van der Waals surface area contributed by atoms with Crippen molar-refractivity contribution in [2.24, 2.45) is 5.10 Å². The first-order chi connectivity index (χ1) is 10.0. The lowest BCUT2D eigenvalue weighted by atomic mass is 10.1. The maximum absolute atomic E-state index is 12.8. The fraction of sp³-hybridized carbons (Fsp3) is 0.133. The second-order valence-electron chi connectivity index (χ2n) is 4.22. The molecule has 2 aromatic carbocycles. The van der Waals surface area contributed by atoms with Crippen LogP contribution < -0.4 is 10.2 Å². The standard InChI is InChI=1S/C15H13F3N2O/c1-10(19-20-13-7-5-12(16)6-8-13)11-3-2-4-14(9-11)21-15(17)18/h2-9,15,20H,1H3/b19-10-. The number of hydrogen-bond donors (Lipinski definition) is 1. The van der Waals surface area contributed by atoms with E-state index in [1.165, 1.54) is 24.3 Å². The molecule has 0 saturated carbocycles. The van der Waals surface area contributed by atoms with Crippen molar-refractivity contribution in [2.45, 2.75) is 13.5 Å². The van der Waals surface area contributed by atoms with Crippen LogP contribution in [-0.2, 0) is 0 Å². The molecule has 0 fully saturated rings. The van der Waals surface area contributed by atoms with Crippen molar-refractivity contribution >= 4 is 11.4 Å². The minimum Gasteiger partial charge on any atom is -0.435 e. The molecule has 0 heterocycles. The highest BCUT2D eigenvalue weighted by Crippen LogP contribution is 2.17. The number of nitrogens with one attached hydrogen (secondary N) is 1. The van der Waals surface area contributed by atoms with Gasteiger partial charge in [-0.05, 0) is 43.3 Å². The zero-order chi connectivity index (χ0) is 15.2. The summed E-state index contributed by atoms with van der Waals surface area (Å²) in [4.78, 5) is 0. The Morgan fingerprint density at radius 2 is 1.86 bits per heavy atom. The summed E-state index contributed by atoms with van der Waals surface area (Å²) >= 11 is 0. The van der Waals surface area contributed by atoms with Gasteiger partial charge in [0.25, 0.3) is 0 Å². The van der Waals surface area contributed by atoms with E-state index in [9.17, 15) is 13.2 Å². The minimum atomic E-state index is -2.87. The van der Waals surface area contributed by atoms with Crippen molar-refractivity contribution in [1.29, 1.82) is 0 Å². The number of anilines is 1. The van der Waals surface area contributed by atoms with Crippen LogP contribution in [0.5, 0.6) is 5.75 Å². The first-order valence-electron chi connectivity index (χ1n) is 6.16. The Morgan fingerprint density at radius 1 is 1.14 bits per heavy atom. The van der Waals surface area contributed by atoms with E-state index in [0.29, 0.717) is 17.0 Å².